The van der Waals surface area contributed by atoms with E-state index in [4.69, 9.17) is 9.72 Å². The van der Waals surface area contributed by atoms with Gasteiger partial charge in [-0.2, -0.15) is 0 Å². The summed E-state index contributed by atoms with van der Waals surface area (Å²) in [7, 11) is 0. The van der Waals surface area contributed by atoms with Gasteiger partial charge in [-0.1, -0.05) is 6.92 Å². The normalized spacial score (nSPS) is 27.1. The number of aryl methyl sites for hydroxylation is 1. The van der Waals surface area contributed by atoms with Gasteiger partial charge in [-0.3, -0.25) is 0 Å². The first-order valence-corrected chi connectivity index (χ1v) is 8.57. The standard InChI is InChI=1S/C15H25N3OS/c1-4-13-9-19-10(2)8-18(13)15-17-11(3)14(20-15)7-16-12-5-6-12/h10,12-13,16H,4-9H2,1-3H3. The minimum Gasteiger partial charge on any atom is -0.375 e. The maximum absolute atomic E-state index is 5.78. The van der Waals surface area contributed by atoms with E-state index in [-0.39, 0.29) is 0 Å². The molecule has 1 aromatic heterocycles. The molecule has 2 unspecified atom stereocenters. The number of nitrogens with one attached hydrogen (secondary N) is 1. The van der Waals surface area contributed by atoms with Gasteiger partial charge in [-0.05, 0) is 33.1 Å². The second-order valence-electron chi connectivity index (χ2n) is 6.02. The summed E-state index contributed by atoms with van der Waals surface area (Å²) >= 11 is 1.85. The van der Waals surface area contributed by atoms with Crippen molar-refractivity contribution in [3.8, 4) is 0 Å². The van der Waals surface area contributed by atoms with Gasteiger partial charge in [-0.15, -0.1) is 11.3 Å². The van der Waals surface area contributed by atoms with Crippen LogP contribution in [0, 0.1) is 6.92 Å². The molecule has 112 valence electrons. The minimum atomic E-state index is 0.301. The first kappa shape index (κ1) is 14.3. The van der Waals surface area contributed by atoms with Gasteiger partial charge in [-0.25, -0.2) is 4.98 Å². The Morgan fingerprint density at radius 1 is 1.45 bits per heavy atom. The molecule has 1 saturated heterocycles. The minimum absolute atomic E-state index is 0.301. The van der Waals surface area contributed by atoms with E-state index in [9.17, 15) is 0 Å². The van der Waals surface area contributed by atoms with Gasteiger partial charge in [0.1, 0.15) is 0 Å². The molecule has 2 fully saturated rings. The maximum Gasteiger partial charge on any atom is 0.186 e. The summed E-state index contributed by atoms with van der Waals surface area (Å²) < 4.78 is 5.78. The number of rotatable bonds is 5. The van der Waals surface area contributed by atoms with Crippen LogP contribution in [0.4, 0.5) is 5.13 Å². The SMILES string of the molecule is CCC1COC(C)CN1c1nc(C)c(CNC2CC2)s1. The lowest BCUT2D eigenvalue weighted by molar-refractivity contribution is 0.0299. The van der Waals surface area contributed by atoms with E-state index in [1.165, 1.54) is 28.5 Å². The first-order chi connectivity index (χ1) is 9.67. The van der Waals surface area contributed by atoms with Crippen LogP contribution in [0.15, 0.2) is 0 Å². The fourth-order valence-corrected chi connectivity index (χ4v) is 3.73. The van der Waals surface area contributed by atoms with Crippen molar-refractivity contribution in [3.05, 3.63) is 10.6 Å². The van der Waals surface area contributed by atoms with Crippen LogP contribution in [0.2, 0.25) is 0 Å². The zero-order valence-electron chi connectivity index (χ0n) is 12.7. The predicted octanol–water partition coefficient (Wildman–Crippen LogP) is 2.71. The molecule has 3 rings (SSSR count). The van der Waals surface area contributed by atoms with Gasteiger partial charge in [0.25, 0.3) is 0 Å². The number of anilines is 1. The molecule has 1 aromatic rings. The second kappa shape index (κ2) is 6.00. The first-order valence-electron chi connectivity index (χ1n) is 7.75. The number of aromatic nitrogens is 1. The van der Waals surface area contributed by atoms with Crippen molar-refractivity contribution in [2.75, 3.05) is 18.1 Å². The van der Waals surface area contributed by atoms with E-state index in [1.807, 2.05) is 11.3 Å². The van der Waals surface area contributed by atoms with Crippen LogP contribution in [0.5, 0.6) is 0 Å². The van der Waals surface area contributed by atoms with Gasteiger partial charge in [0.05, 0.1) is 24.4 Å². The molecule has 2 atom stereocenters. The molecule has 0 aromatic carbocycles. The lowest BCUT2D eigenvalue weighted by Gasteiger charge is -2.38. The van der Waals surface area contributed by atoms with Gasteiger partial charge in [0, 0.05) is 24.0 Å². The lowest BCUT2D eigenvalue weighted by Crippen LogP contribution is -2.48. The fraction of sp³-hybridized carbons (Fsp3) is 0.800. The highest BCUT2D eigenvalue weighted by Crippen LogP contribution is 2.31. The molecule has 0 radical (unpaired) electrons. The summed E-state index contributed by atoms with van der Waals surface area (Å²) in [6.45, 7) is 9.27. The van der Waals surface area contributed by atoms with Crippen LogP contribution in [0.3, 0.4) is 0 Å². The van der Waals surface area contributed by atoms with Crippen LogP contribution in [0.25, 0.3) is 0 Å². The monoisotopic (exact) mass is 295 g/mol. The Hall–Kier alpha value is -0.650. The third-order valence-electron chi connectivity index (χ3n) is 4.19. The maximum atomic E-state index is 5.78. The molecule has 1 saturated carbocycles. The van der Waals surface area contributed by atoms with E-state index in [1.54, 1.807) is 0 Å². The Bertz CT molecular complexity index is 458. The van der Waals surface area contributed by atoms with Gasteiger partial charge in [0.15, 0.2) is 5.13 Å². The number of morpholine rings is 1. The number of nitrogens with zero attached hydrogens (tertiary/aromatic N) is 2. The van der Waals surface area contributed by atoms with Crippen LogP contribution in [-0.4, -0.2) is 36.3 Å². The Balaban J connectivity index is 1.72. The molecule has 1 aliphatic heterocycles. The van der Waals surface area contributed by atoms with E-state index in [0.717, 1.165) is 32.2 Å². The largest absolute Gasteiger partial charge is 0.375 e. The molecule has 0 amide bonds. The third-order valence-corrected chi connectivity index (χ3v) is 5.39. The summed E-state index contributed by atoms with van der Waals surface area (Å²) in [5, 5.41) is 4.77. The molecule has 1 N–H and O–H groups in total. The number of thiazole rings is 1. The Labute approximate surface area is 125 Å². The van der Waals surface area contributed by atoms with Gasteiger partial charge >= 0.3 is 0 Å². The van der Waals surface area contributed by atoms with E-state index in [2.05, 4.69) is 31.0 Å². The second-order valence-corrected chi connectivity index (χ2v) is 7.08. The molecule has 5 heteroatoms. The average Bonchev–Trinajstić information content (AvgIpc) is 3.19. The molecule has 1 aliphatic carbocycles. The molecular formula is C15H25N3OS. The molecular weight excluding hydrogens is 270 g/mol. The highest BCUT2D eigenvalue weighted by Gasteiger charge is 2.28. The van der Waals surface area contributed by atoms with Crippen molar-refractivity contribution < 1.29 is 4.74 Å². The van der Waals surface area contributed by atoms with Crippen molar-refractivity contribution in [2.45, 2.75) is 64.8 Å². The van der Waals surface area contributed by atoms with E-state index < -0.39 is 0 Å². The molecule has 0 spiro atoms. The molecule has 2 heterocycles. The number of ether oxygens (including phenoxy) is 1. The summed E-state index contributed by atoms with van der Waals surface area (Å²) in [6, 6.07) is 1.23. The van der Waals surface area contributed by atoms with Gasteiger partial charge in [0.2, 0.25) is 0 Å². The average molecular weight is 295 g/mol. The molecule has 20 heavy (non-hydrogen) atoms. The van der Waals surface area contributed by atoms with Crippen molar-refractivity contribution in [3.63, 3.8) is 0 Å². The Morgan fingerprint density at radius 2 is 2.25 bits per heavy atom. The smallest absolute Gasteiger partial charge is 0.186 e. The van der Waals surface area contributed by atoms with Crippen LogP contribution in [-0.2, 0) is 11.3 Å². The third kappa shape index (κ3) is 3.15. The number of hydrogen-bond donors (Lipinski definition) is 1. The van der Waals surface area contributed by atoms with Crippen LogP contribution < -0.4 is 10.2 Å². The highest BCUT2D eigenvalue weighted by molar-refractivity contribution is 7.15. The summed E-state index contributed by atoms with van der Waals surface area (Å²) in [4.78, 5) is 8.65. The summed E-state index contributed by atoms with van der Waals surface area (Å²) in [5.41, 5.74) is 1.19. The zero-order valence-corrected chi connectivity index (χ0v) is 13.5. The Morgan fingerprint density at radius 3 is 2.95 bits per heavy atom. The quantitative estimate of drug-likeness (QED) is 0.906. The van der Waals surface area contributed by atoms with E-state index in [0.29, 0.717) is 12.1 Å². The van der Waals surface area contributed by atoms with Crippen molar-refractivity contribution >= 4 is 16.5 Å². The summed E-state index contributed by atoms with van der Waals surface area (Å²) in [6.07, 6.45) is 4.09. The van der Waals surface area contributed by atoms with Crippen molar-refractivity contribution in [2.24, 2.45) is 0 Å². The topological polar surface area (TPSA) is 37.4 Å². The molecule has 0 bridgehead atoms. The predicted molar refractivity (Wildman–Crippen MR) is 83.6 cm³/mol. The number of hydrogen-bond acceptors (Lipinski definition) is 5. The summed E-state index contributed by atoms with van der Waals surface area (Å²) in [5.74, 6) is 0. The van der Waals surface area contributed by atoms with Gasteiger partial charge < -0.3 is 15.0 Å². The van der Waals surface area contributed by atoms with Crippen LogP contribution >= 0.6 is 11.3 Å². The Kier molecular flexibility index (Phi) is 4.29. The van der Waals surface area contributed by atoms with Crippen molar-refractivity contribution in [1.29, 1.82) is 0 Å². The highest BCUT2D eigenvalue weighted by atomic mass is 32.1. The van der Waals surface area contributed by atoms with Crippen LogP contribution in [0.1, 0.15) is 43.7 Å². The fourth-order valence-electron chi connectivity index (χ4n) is 2.64. The lowest BCUT2D eigenvalue weighted by atomic mass is 10.1. The zero-order chi connectivity index (χ0) is 14.1. The van der Waals surface area contributed by atoms with E-state index >= 15 is 0 Å². The van der Waals surface area contributed by atoms with Crippen molar-refractivity contribution in [1.82, 2.24) is 10.3 Å². The molecule has 4 nitrogen and oxygen atoms in total. The molecule has 2 aliphatic rings.